The molecule has 0 aliphatic rings. The van der Waals surface area contributed by atoms with Crippen molar-refractivity contribution >= 4 is 21.6 Å². The summed E-state index contributed by atoms with van der Waals surface area (Å²) in [5, 5.41) is 24.6. The molecule has 0 spiro atoms. The van der Waals surface area contributed by atoms with Crippen molar-refractivity contribution in [2.24, 2.45) is 0 Å². The molecule has 0 fully saturated rings. The van der Waals surface area contributed by atoms with E-state index in [0.29, 0.717) is 36.5 Å². The molecule has 12 heteroatoms. The maximum absolute atomic E-state index is 5.31. The van der Waals surface area contributed by atoms with Crippen LogP contribution in [-0.4, -0.2) is 77.4 Å². The molecule has 10 nitrogen and oxygen atoms in total. The average molecular weight is 364 g/mol. The van der Waals surface area contributed by atoms with Gasteiger partial charge in [-0.05, 0) is 42.4 Å². The maximum Gasteiger partial charge on any atom is 0.220 e. The summed E-state index contributed by atoms with van der Waals surface area (Å²) in [6.45, 7) is 2.48. The fourth-order valence-corrected chi connectivity index (χ4v) is 3.37. The van der Waals surface area contributed by atoms with Crippen LogP contribution in [0.5, 0.6) is 0 Å². The molecular formula is C12H16N10S2. The second-order valence-corrected chi connectivity index (χ2v) is 6.70. The number of aromatic nitrogens is 8. The van der Waals surface area contributed by atoms with Crippen molar-refractivity contribution in [2.45, 2.75) is 23.4 Å². The fraction of sp³-hybridized carbons (Fsp3) is 0.500. The predicted molar refractivity (Wildman–Crippen MR) is 90.3 cm³/mol. The third-order valence-corrected chi connectivity index (χ3v) is 5.03. The quantitative estimate of drug-likeness (QED) is 0.329. The Balaban J connectivity index is 1.91. The molecule has 2 aromatic rings. The molecule has 2 aromatic heterocycles. The molecule has 0 aliphatic heterocycles. The van der Waals surface area contributed by atoms with Crippen LogP contribution in [-0.2, 0) is 13.1 Å². The number of hydrogen-bond donors (Lipinski definition) is 0. The van der Waals surface area contributed by atoms with Crippen molar-refractivity contribution in [2.75, 3.05) is 27.2 Å². The summed E-state index contributed by atoms with van der Waals surface area (Å²) >= 11 is 0. The highest BCUT2D eigenvalue weighted by atomic mass is 33.1. The average Bonchev–Trinajstić information content (AvgIpc) is 3.24. The van der Waals surface area contributed by atoms with Gasteiger partial charge >= 0.3 is 0 Å². The van der Waals surface area contributed by atoms with E-state index in [2.05, 4.69) is 43.1 Å². The smallest absolute Gasteiger partial charge is 0.220 e. The van der Waals surface area contributed by atoms with Crippen molar-refractivity contribution in [1.29, 1.82) is 0 Å². The maximum atomic E-state index is 5.31. The number of likely N-dealkylation sites (N-methyl/N-ethyl adjacent to an activating group) is 2. The number of rotatable bonds is 9. The summed E-state index contributed by atoms with van der Waals surface area (Å²) in [5.74, 6) is 0. The summed E-state index contributed by atoms with van der Waals surface area (Å²) in [6.07, 6.45) is 10.6. The Hall–Kier alpha value is -2.44. The predicted octanol–water partition coefficient (Wildman–Crippen LogP) is -0.496. The number of nitrogens with zero attached hydrogens (tertiary/aromatic N) is 10. The van der Waals surface area contributed by atoms with Gasteiger partial charge in [0.25, 0.3) is 0 Å². The lowest BCUT2D eigenvalue weighted by molar-refractivity contribution is 0.410. The topological polar surface area (TPSA) is 93.7 Å². The van der Waals surface area contributed by atoms with E-state index in [1.165, 1.54) is 21.6 Å². The van der Waals surface area contributed by atoms with Gasteiger partial charge in [-0.3, -0.25) is 0 Å². The van der Waals surface area contributed by atoms with Crippen LogP contribution in [0.2, 0.25) is 0 Å². The van der Waals surface area contributed by atoms with E-state index in [-0.39, 0.29) is 0 Å². The number of hydrogen-bond acceptors (Lipinski definition) is 10. The zero-order chi connectivity index (χ0) is 17.4. The molecule has 0 aliphatic carbocycles. The van der Waals surface area contributed by atoms with E-state index in [1.54, 1.807) is 19.2 Å². The Morgan fingerprint density at radius 2 is 1.29 bits per heavy atom. The first-order chi connectivity index (χ1) is 11.6. The Kier molecular flexibility index (Phi) is 6.72. The van der Waals surface area contributed by atoms with Crippen molar-refractivity contribution in [3.8, 4) is 24.9 Å². The summed E-state index contributed by atoms with van der Waals surface area (Å²) < 4.78 is 3.37. The first-order valence-electron chi connectivity index (χ1n) is 6.85. The van der Waals surface area contributed by atoms with Crippen LogP contribution in [0, 0.1) is 24.9 Å². The fourth-order valence-electron chi connectivity index (χ4n) is 1.49. The molecule has 0 saturated heterocycles. The molecule has 126 valence electrons. The standard InChI is InChI=1S/C12H16N10S2/c1-5-19(3)7-9-21-11(13-15-17-21)23-24-12-14-16-18-22(12)10-8-20(4)6-2/h1-2H,7-10H2,3-4H3. The van der Waals surface area contributed by atoms with Crippen molar-refractivity contribution in [3.05, 3.63) is 0 Å². The first-order valence-corrected chi connectivity index (χ1v) is 9.00. The van der Waals surface area contributed by atoms with Crippen LogP contribution >= 0.6 is 21.6 Å². The third kappa shape index (κ3) is 5.04. The minimum Gasteiger partial charge on any atom is -0.334 e. The van der Waals surface area contributed by atoms with E-state index >= 15 is 0 Å². The van der Waals surface area contributed by atoms with E-state index in [0.717, 1.165) is 0 Å². The van der Waals surface area contributed by atoms with Gasteiger partial charge in [0, 0.05) is 39.3 Å². The van der Waals surface area contributed by atoms with Crippen LogP contribution in [0.4, 0.5) is 0 Å². The lowest BCUT2D eigenvalue weighted by Crippen LogP contribution is -2.19. The molecule has 0 saturated carbocycles. The molecule has 0 radical (unpaired) electrons. The zero-order valence-corrected chi connectivity index (χ0v) is 14.9. The number of terminal acetylenes is 2. The van der Waals surface area contributed by atoms with Gasteiger partial charge in [0.05, 0.1) is 13.1 Å². The molecular weight excluding hydrogens is 348 g/mol. The molecule has 0 unspecified atom stereocenters. The minimum atomic E-state index is 0.592. The van der Waals surface area contributed by atoms with Crippen LogP contribution < -0.4 is 0 Å². The molecule has 0 N–H and O–H groups in total. The first kappa shape index (κ1) is 17.9. The molecule has 2 heterocycles. The largest absolute Gasteiger partial charge is 0.334 e. The third-order valence-electron chi connectivity index (χ3n) is 2.92. The highest BCUT2D eigenvalue weighted by Crippen LogP contribution is 2.34. The van der Waals surface area contributed by atoms with Gasteiger partial charge < -0.3 is 9.80 Å². The van der Waals surface area contributed by atoms with E-state index in [4.69, 9.17) is 12.8 Å². The lowest BCUT2D eigenvalue weighted by atomic mass is 10.6. The Morgan fingerprint density at radius 3 is 1.67 bits per heavy atom. The van der Waals surface area contributed by atoms with Gasteiger partial charge in [-0.1, -0.05) is 12.8 Å². The number of tetrazole rings is 2. The SMILES string of the molecule is C#CN(C)CCn1nnnc1SSc1nnnn1CCN(C)C#C. The Bertz CT molecular complexity index is 665. The molecule has 0 aromatic carbocycles. The Labute approximate surface area is 147 Å². The van der Waals surface area contributed by atoms with Crippen LogP contribution in [0.3, 0.4) is 0 Å². The van der Waals surface area contributed by atoms with E-state index in [9.17, 15) is 0 Å². The summed E-state index contributed by atoms with van der Waals surface area (Å²) in [5.41, 5.74) is 0. The summed E-state index contributed by atoms with van der Waals surface area (Å²) in [4.78, 5) is 3.46. The molecule has 2 rings (SSSR count). The summed E-state index contributed by atoms with van der Waals surface area (Å²) in [6, 6.07) is 5.06. The van der Waals surface area contributed by atoms with Gasteiger partial charge in [-0.15, -0.1) is 10.2 Å². The normalized spacial score (nSPS) is 10.2. The van der Waals surface area contributed by atoms with Crippen LogP contribution in [0.25, 0.3) is 0 Å². The van der Waals surface area contributed by atoms with E-state index in [1.807, 2.05) is 14.1 Å². The highest BCUT2D eigenvalue weighted by Gasteiger charge is 2.13. The van der Waals surface area contributed by atoms with Crippen molar-refractivity contribution < 1.29 is 0 Å². The molecule has 0 atom stereocenters. The Morgan fingerprint density at radius 1 is 0.875 bits per heavy atom. The van der Waals surface area contributed by atoms with Gasteiger partial charge in [0.2, 0.25) is 10.3 Å². The summed E-state index contributed by atoms with van der Waals surface area (Å²) in [7, 11) is 6.42. The van der Waals surface area contributed by atoms with Crippen molar-refractivity contribution in [3.63, 3.8) is 0 Å². The minimum absolute atomic E-state index is 0.592. The van der Waals surface area contributed by atoms with E-state index < -0.39 is 0 Å². The lowest BCUT2D eigenvalue weighted by Gasteiger charge is -2.11. The van der Waals surface area contributed by atoms with Gasteiger partial charge in [0.15, 0.2) is 0 Å². The van der Waals surface area contributed by atoms with Gasteiger partial charge in [0.1, 0.15) is 0 Å². The zero-order valence-electron chi connectivity index (χ0n) is 13.3. The van der Waals surface area contributed by atoms with Gasteiger partial charge in [-0.25, -0.2) is 9.36 Å². The molecule has 0 amide bonds. The highest BCUT2D eigenvalue weighted by molar-refractivity contribution is 8.76. The second-order valence-electron chi connectivity index (χ2n) is 4.64. The second kappa shape index (κ2) is 9.00. The van der Waals surface area contributed by atoms with Crippen molar-refractivity contribution in [1.82, 2.24) is 50.2 Å². The van der Waals surface area contributed by atoms with Crippen LogP contribution in [0.15, 0.2) is 10.3 Å². The van der Waals surface area contributed by atoms with Gasteiger partial charge in [-0.2, -0.15) is 0 Å². The molecule has 0 bridgehead atoms. The monoisotopic (exact) mass is 364 g/mol. The van der Waals surface area contributed by atoms with Crippen LogP contribution in [0.1, 0.15) is 0 Å². The molecule has 24 heavy (non-hydrogen) atoms.